The predicted octanol–water partition coefficient (Wildman–Crippen LogP) is 4.71. The summed E-state index contributed by atoms with van der Waals surface area (Å²) in [6, 6.07) is 9.85. The maximum absolute atomic E-state index is 15.2. The Morgan fingerprint density at radius 1 is 1.38 bits per heavy atom. The van der Waals surface area contributed by atoms with Gasteiger partial charge >= 0.3 is 5.97 Å². The number of aliphatic carboxylic acids is 1. The molecule has 2 aromatic rings. The summed E-state index contributed by atoms with van der Waals surface area (Å²) < 4.78 is 15.2. The lowest BCUT2D eigenvalue weighted by Crippen LogP contribution is -2.36. The molecule has 0 saturated carbocycles. The summed E-state index contributed by atoms with van der Waals surface area (Å²) >= 11 is 6.10. The Labute approximate surface area is 156 Å². The number of benzene rings is 1. The summed E-state index contributed by atoms with van der Waals surface area (Å²) in [4.78, 5) is 15.1. The third-order valence-corrected chi connectivity index (χ3v) is 4.28. The molecule has 0 bridgehead atoms. The molecule has 136 valence electrons. The molecule has 26 heavy (non-hydrogen) atoms. The quantitative estimate of drug-likeness (QED) is 0.739. The SMILES string of the molecule is CC(C)(C)[C@@H](CC(=O)O)Nc1nc(Cl)c(C#N)c(-c2ccccc2)c1F. The zero-order chi connectivity index (χ0) is 19.5. The number of nitrogens with zero attached hydrogens (tertiary/aromatic N) is 2. The largest absolute Gasteiger partial charge is 0.481 e. The van der Waals surface area contributed by atoms with Crippen LogP contribution in [0, 0.1) is 22.6 Å². The lowest BCUT2D eigenvalue weighted by Gasteiger charge is -2.31. The molecule has 0 aliphatic carbocycles. The fraction of sp³-hybridized carbons (Fsp3) is 0.316. The summed E-state index contributed by atoms with van der Waals surface area (Å²) in [5, 5.41) is 21.2. The highest BCUT2D eigenvalue weighted by atomic mass is 35.5. The van der Waals surface area contributed by atoms with E-state index in [0.717, 1.165) is 0 Å². The van der Waals surface area contributed by atoms with Crippen molar-refractivity contribution in [3.8, 4) is 17.2 Å². The van der Waals surface area contributed by atoms with Crippen molar-refractivity contribution < 1.29 is 14.3 Å². The van der Waals surface area contributed by atoms with Gasteiger partial charge in [0.2, 0.25) is 0 Å². The van der Waals surface area contributed by atoms with Crippen LogP contribution in [0.5, 0.6) is 0 Å². The number of pyridine rings is 1. The monoisotopic (exact) mass is 375 g/mol. The van der Waals surface area contributed by atoms with E-state index in [2.05, 4.69) is 10.3 Å². The first-order chi connectivity index (χ1) is 12.1. The molecule has 0 saturated heterocycles. The van der Waals surface area contributed by atoms with Gasteiger partial charge in [0.15, 0.2) is 11.6 Å². The smallest absolute Gasteiger partial charge is 0.305 e. The van der Waals surface area contributed by atoms with Gasteiger partial charge in [-0.1, -0.05) is 62.7 Å². The summed E-state index contributed by atoms with van der Waals surface area (Å²) in [5.41, 5.74) is -0.00994. The molecular weight excluding hydrogens is 357 g/mol. The summed E-state index contributed by atoms with van der Waals surface area (Å²) in [5.74, 6) is -1.92. The summed E-state index contributed by atoms with van der Waals surface area (Å²) in [7, 11) is 0. The Balaban J connectivity index is 2.59. The molecule has 2 rings (SSSR count). The number of hydrogen-bond acceptors (Lipinski definition) is 4. The van der Waals surface area contributed by atoms with Gasteiger partial charge in [0.1, 0.15) is 16.8 Å². The lowest BCUT2D eigenvalue weighted by molar-refractivity contribution is -0.137. The highest BCUT2D eigenvalue weighted by Gasteiger charge is 2.30. The standard InChI is InChI=1S/C19H19ClFN3O2/c1-19(2,3)13(9-14(25)26)23-18-16(21)15(11-7-5-4-6-8-11)12(10-22)17(20)24-18/h4-8,13H,9H2,1-3H3,(H,23,24)(H,25,26)/t13-/m1/s1. The van der Waals surface area contributed by atoms with Crippen molar-refractivity contribution in [2.45, 2.75) is 33.2 Å². The van der Waals surface area contributed by atoms with E-state index in [1.165, 1.54) is 0 Å². The number of carboxylic acid groups (broad SMARTS) is 1. The van der Waals surface area contributed by atoms with Gasteiger partial charge in [0, 0.05) is 11.6 Å². The molecule has 2 N–H and O–H groups in total. The number of carbonyl (C=O) groups is 1. The van der Waals surface area contributed by atoms with Crippen molar-refractivity contribution in [2.75, 3.05) is 5.32 Å². The van der Waals surface area contributed by atoms with Crippen molar-refractivity contribution >= 4 is 23.4 Å². The lowest BCUT2D eigenvalue weighted by atomic mass is 9.84. The second kappa shape index (κ2) is 7.71. The molecule has 0 spiro atoms. The Hall–Kier alpha value is -2.65. The fourth-order valence-corrected chi connectivity index (χ4v) is 2.74. The topological polar surface area (TPSA) is 86.0 Å². The maximum atomic E-state index is 15.2. The van der Waals surface area contributed by atoms with Crippen LogP contribution in [0.25, 0.3) is 11.1 Å². The van der Waals surface area contributed by atoms with Crippen molar-refractivity contribution in [3.05, 3.63) is 46.9 Å². The van der Waals surface area contributed by atoms with Gasteiger partial charge in [-0.3, -0.25) is 4.79 Å². The number of hydrogen-bond donors (Lipinski definition) is 2. The average molecular weight is 376 g/mol. The van der Waals surface area contributed by atoms with Crippen LogP contribution in [0.4, 0.5) is 10.2 Å². The minimum atomic E-state index is -1.01. The maximum Gasteiger partial charge on any atom is 0.305 e. The van der Waals surface area contributed by atoms with Gasteiger partial charge in [-0.2, -0.15) is 5.26 Å². The molecule has 0 unspecified atom stereocenters. The van der Waals surface area contributed by atoms with Crippen LogP contribution < -0.4 is 5.32 Å². The molecule has 0 aliphatic rings. The van der Waals surface area contributed by atoms with Gasteiger partial charge in [-0.15, -0.1) is 0 Å². The van der Waals surface area contributed by atoms with Crippen LogP contribution >= 0.6 is 11.6 Å². The van der Waals surface area contributed by atoms with E-state index in [-0.39, 0.29) is 28.5 Å². The van der Waals surface area contributed by atoms with E-state index >= 15 is 4.39 Å². The van der Waals surface area contributed by atoms with Gasteiger partial charge in [0.25, 0.3) is 0 Å². The number of aromatic nitrogens is 1. The molecule has 0 radical (unpaired) electrons. The number of carboxylic acids is 1. The van der Waals surface area contributed by atoms with Crippen LogP contribution in [0.2, 0.25) is 5.15 Å². The van der Waals surface area contributed by atoms with E-state index in [1.54, 1.807) is 30.3 Å². The molecule has 1 heterocycles. The fourth-order valence-electron chi connectivity index (χ4n) is 2.52. The number of rotatable bonds is 5. The highest BCUT2D eigenvalue weighted by molar-refractivity contribution is 6.31. The van der Waals surface area contributed by atoms with E-state index in [4.69, 9.17) is 16.7 Å². The van der Waals surface area contributed by atoms with Crippen molar-refractivity contribution in [1.82, 2.24) is 4.98 Å². The Bertz CT molecular complexity index is 858. The van der Waals surface area contributed by atoms with E-state index < -0.39 is 23.2 Å². The van der Waals surface area contributed by atoms with Crippen LogP contribution in [-0.4, -0.2) is 22.1 Å². The number of nitrogens with one attached hydrogen (secondary N) is 1. The van der Waals surface area contributed by atoms with Crippen molar-refractivity contribution in [1.29, 1.82) is 5.26 Å². The second-order valence-electron chi connectivity index (χ2n) is 6.95. The minimum absolute atomic E-state index is 0.0404. The molecule has 1 aromatic carbocycles. The predicted molar refractivity (Wildman–Crippen MR) is 98.5 cm³/mol. The summed E-state index contributed by atoms with van der Waals surface area (Å²) in [6.45, 7) is 5.53. The highest BCUT2D eigenvalue weighted by Crippen LogP contribution is 2.35. The van der Waals surface area contributed by atoms with Gasteiger partial charge in [-0.25, -0.2) is 9.37 Å². The second-order valence-corrected chi connectivity index (χ2v) is 7.31. The molecule has 0 aliphatic heterocycles. The van der Waals surface area contributed by atoms with Gasteiger partial charge in [-0.05, 0) is 11.0 Å². The first kappa shape index (κ1) is 19.7. The Morgan fingerprint density at radius 2 is 2.00 bits per heavy atom. The average Bonchev–Trinajstić information content (AvgIpc) is 2.56. The first-order valence-corrected chi connectivity index (χ1v) is 8.35. The summed E-state index contributed by atoms with van der Waals surface area (Å²) in [6.07, 6.45) is -0.219. The van der Waals surface area contributed by atoms with E-state index in [0.29, 0.717) is 5.56 Å². The molecule has 0 fully saturated rings. The van der Waals surface area contributed by atoms with Crippen LogP contribution in [0.15, 0.2) is 30.3 Å². The molecule has 7 heteroatoms. The molecule has 0 amide bonds. The normalized spacial score (nSPS) is 12.3. The van der Waals surface area contributed by atoms with Crippen LogP contribution in [0.1, 0.15) is 32.8 Å². The van der Waals surface area contributed by atoms with Crippen LogP contribution in [-0.2, 0) is 4.79 Å². The first-order valence-electron chi connectivity index (χ1n) is 7.98. The third kappa shape index (κ3) is 4.30. The van der Waals surface area contributed by atoms with E-state index in [1.807, 2.05) is 26.8 Å². The zero-order valence-corrected chi connectivity index (χ0v) is 15.4. The molecule has 1 aromatic heterocycles. The third-order valence-electron chi connectivity index (χ3n) is 4.00. The number of halogens is 2. The van der Waals surface area contributed by atoms with E-state index in [9.17, 15) is 10.1 Å². The molecule has 5 nitrogen and oxygen atoms in total. The molecule has 1 atom stereocenters. The van der Waals surface area contributed by atoms with Crippen LogP contribution in [0.3, 0.4) is 0 Å². The zero-order valence-electron chi connectivity index (χ0n) is 14.7. The minimum Gasteiger partial charge on any atom is -0.481 e. The van der Waals surface area contributed by atoms with Gasteiger partial charge < -0.3 is 10.4 Å². The molecular formula is C19H19ClFN3O2. The Morgan fingerprint density at radius 3 is 2.50 bits per heavy atom. The Kier molecular flexibility index (Phi) is 5.83. The van der Waals surface area contributed by atoms with Crippen molar-refractivity contribution in [2.24, 2.45) is 5.41 Å². The van der Waals surface area contributed by atoms with Crippen molar-refractivity contribution in [3.63, 3.8) is 0 Å². The number of nitriles is 1. The number of anilines is 1. The van der Waals surface area contributed by atoms with Gasteiger partial charge in [0.05, 0.1) is 6.42 Å².